The van der Waals surface area contributed by atoms with E-state index >= 15 is 0 Å². The Morgan fingerprint density at radius 3 is 2.12 bits per heavy atom. The molecule has 92 valence electrons. The van der Waals surface area contributed by atoms with Crippen molar-refractivity contribution in [2.45, 2.75) is 5.25 Å². The number of rotatable bonds is 10. The number of hydrogen-bond acceptors (Lipinski definition) is 3. The van der Waals surface area contributed by atoms with Crippen LogP contribution in [0.3, 0.4) is 0 Å². The van der Waals surface area contributed by atoms with Gasteiger partial charge >= 0.3 is 0 Å². The van der Waals surface area contributed by atoms with Gasteiger partial charge in [0.2, 0.25) is 13.1 Å². The Kier molecular flexibility index (Phi) is 13.2. The molecule has 0 bridgehead atoms. The molecule has 0 saturated carbocycles. The molecule has 6 heteroatoms. The van der Waals surface area contributed by atoms with Gasteiger partial charge in [-0.05, 0) is 0 Å². The van der Waals surface area contributed by atoms with Crippen molar-refractivity contribution in [1.29, 1.82) is 0 Å². The summed E-state index contributed by atoms with van der Waals surface area (Å²) in [5.74, 6) is 4.26. The van der Waals surface area contributed by atoms with E-state index in [9.17, 15) is 0 Å². The third kappa shape index (κ3) is 11.8. The first kappa shape index (κ1) is 16.5. The second-order valence-corrected chi connectivity index (χ2v) is 6.55. The van der Waals surface area contributed by atoms with Crippen LogP contribution in [0.25, 0.3) is 14.5 Å². The Morgan fingerprint density at radius 1 is 0.824 bits per heavy atom. The molecule has 0 amide bonds. The van der Waals surface area contributed by atoms with Crippen LogP contribution in [0.5, 0.6) is 0 Å². The van der Waals surface area contributed by atoms with Crippen LogP contribution in [0.4, 0.5) is 0 Å². The van der Waals surface area contributed by atoms with Gasteiger partial charge in [0.15, 0.2) is 0 Å². The molecule has 0 aliphatic carbocycles. The van der Waals surface area contributed by atoms with Crippen molar-refractivity contribution in [3.63, 3.8) is 0 Å². The molecule has 0 spiro atoms. The SMILES string of the molecule is [C-]#[N+]CCSCC(CSC[N+]#[C-])SCC[N+]#[C-]. The largest absolute Gasteiger partial charge is 0.316 e. The fraction of sp³-hybridized carbons (Fsp3) is 0.727. The second-order valence-electron chi connectivity index (χ2n) is 2.99. The van der Waals surface area contributed by atoms with E-state index in [1.54, 1.807) is 23.5 Å². The minimum absolute atomic E-state index is 0.499. The molecule has 0 aromatic heterocycles. The second kappa shape index (κ2) is 13.6. The van der Waals surface area contributed by atoms with Crippen LogP contribution in [-0.2, 0) is 0 Å². The van der Waals surface area contributed by atoms with Gasteiger partial charge in [0.05, 0.1) is 11.5 Å². The summed E-state index contributed by atoms with van der Waals surface area (Å²) in [6.45, 7) is 21.3. The van der Waals surface area contributed by atoms with Crippen LogP contribution < -0.4 is 0 Å². The van der Waals surface area contributed by atoms with Crippen molar-refractivity contribution < 1.29 is 0 Å². The Hall–Kier alpha value is -0.480. The number of hydrogen-bond donors (Lipinski definition) is 0. The fourth-order valence-electron chi connectivity index (χ4n) is 0.964. The molecule has 3 nitrogen and oxygen atoms in total. The molecule has 0 aromatic carbocycles. The molecule has 17 heavy (non-hydrogen) atoms. The molecule has 0 heterocycles. The van der Waals surface area contributed by atoms with Crippen molar-refractivity contribution in [2.24, 2.45) is 0 Å². The molecule has 1 atom stereocenters. The third-order valence-corrected chi connectivity index (χ3v) is 5.37. The first-order valence-corrected chi connectivity index (χ1v) is 8.47. The smallest absolute Gasteiger partial charge is 0.260 e. The lowest BCUT2D eigenvalue weighted by molar-refractivity contribution is 1.14. The Balaban J connectivity index is 3.73. The van der Waals surface area contributed by atoms with Crippen LogP contribution >= 0.6 is 35.3 Å². The monoisotopic (exact) mass is 285 g/mol. The minimum Gasteiger partial charge on any atom is -0.316 e. The van der Waals surface area contributed by atoms with E-state index in [0.29, 0.717) is 24.2 Å². The van der Waals surface area contributed by atoms with E-state index in [2.05, 4.69) is 14.5 Å². The lowest BCUT2D eigenvalue weighted by Gasteiger charge is -2.12. The van der Waals surface area contributed by atoms with Gasteiger partial charge in [-0.2, -0.15) is 11.8 Å². The highest BCUT2D eigenvalue weighted by Crippen LogP contribution is 2.21. The van der Waals surface area contributed by atoms with Gasteiger partial charge in [-0.1, -0.05) is 11.8 Å². The van der Waals surface area contributed by atoms with Crippen molar-refractivity contribution in [2.75, 3.05) is 42.0 Å². The molecule has 0 rings (SSSR count). The molecule has 0 aromatic rings. The Morgan fingerprint density at radius 2 is 1.47 bits per heavy atom. The summed E-state index contributed by atoms with van der Waals surface area (Å²) in [6.07, 6.45) is 0. The zero-order chi connectivity index (χ0) is 12.8. The van der Waals surface area contributed by atoms with Gasteiger partial charge in [0.25, 0.3) is 5.88 Å². The summed E-state index contributed by atoms with van der Waals surface area (Å²) in [6, 6.07) is 0. The molecule has 0 aliphatic rings. The van der Waals surface area contributed by atoms with Gasteiger partial charge in [0, 0.05) is 16.8 Å². The van der Waals surface area contributed by atoms with E-state index in [1.165, 1.54) is 0 Å². The molecule has 0 fully saturated rings. The topological polar surface area (TPSA) is 13.1 Å². The Labute approximate surface area is 117 Å². The first-order valence-electron chi connectivity index (χ1n) is 5.12. The number of nitrogens with zero attached hydrogens (tertiary/aromatic N) is 3. The van der Waals surface area contributed by atoms with Crippen LogP contribution in [-0.4, -0.2) is 47.2 Å². The summed E-state index contributed by atoms with van der Waals surface area (Å²) in [5.41, 5.74) is 0. The predicted molar refractivity (Wildman–Crippen MR) is 80.4 cm³/mol. The van der Waals surface area contributed by atoms with Crippen LogP contribution in [0, 0.1) is 19.7 Å². The van der Waals surface area contributed by atoms with Gasteiger partial charge in [-0.15, -0.1) is 11.8 Å². The molecule has 0 N–H and O–H groups in total. The lowest BCUT2D eigenvalue weighted by atomic mass is 10.5. The molecular formula is C11H15N3S3. The average molecular weight is 285 g/mol. The van der Waals surface area contributed by atoms with Gasteiger partial charge < -0.3 is 14.5 Å². The minimum atomic E-state index is 0.499. The summed E-state index contributed by atoms with van der Waals surface area (Å²) in [7, 11) is 0. The third-order valence-electron chi connectivity index (χ3n) is 1.67. The predicted octanol–water partition coefficient (Wildman–Crippen LogP) is 3.27. The molecule has 0 saturated heterocycles. The van der Waals surface area contributed by atoms with Crippen molar-refractivity contribution in [3.8, 4) is 0 Å². The summed E-state index contributed by atoms with van der Waals surface area (Å²) in [4.78, 5) is 9.98. The Bertz CT molecular complexity index is 281. The van der Waals surface area contributed by atoms with Gasteiger partial charge in [0.1, 0.15) is 0 Å². The average Bonchev–Trinajstić information content (AvgIpc) is 2.34. The van der Waals surface area contributed by atoms with Gasteiger partial charge in [-0.3, -0.25) is 0 Å². The van der Waals surface area contributed by atoms with Crippen molar-refractivity contribution in [3.05, 3.63) is 34.3 Å². The van der Waals surface area contributed by atoms with E-state index in [-0.39, 0.29) is 0 Å². The van der Waals surface area contributed by atoms with Crippen LogP contribution in [0.1, 0.15) is 0 Å². The van der Waals surface area contributed by atoms with E-state index in [4.69, 9.17) is 19.7 Å². The van der Waals surface area contributed by atoms with Crippen molar-refractivity contribution in [1.82, 2.24) is 0 Å². The summed E-state index contributed by atoms with van der Waals surface area (Å²) >= 11 is 5.27. The highest BCUT2D eigenvalue weighted by atomic mass is 32.2. The van der Waals surface area contributed by atoms with Crippen LogP contribution in [0.15, 0.2) is 0 Å². The van der Waals surface area contributed by atoms with Crippen LogP contribution in [0.2, 0.25) is 0 Å². The molecule has 0 radical (unpaired) electrons. The standard InChI is InChI=1S/C11H15N3S3/c1-12-4-6-15-8-11(9-16-10-14-3)17-7-5-13-2/h11H,4-10H2. The van der Waals surface area contributed by atoms with Gasteiger partial charge in [-0.25, -0.2) is 19.7 Å². The zero-order valence-corrected chi connectivity index (χ0v) is 12.0. The van der Waals surface area contributed by atoms with E-state index in [0.717, 1.165) is 23.0 Å². The molecule has 1 unspecified atom stereocenters. The quantitative estimate of drug-likeness (QED) is 0.452. The first-order chi connectivity index (χ1) is 8.35. The summed E-state index contributed by atoms with van der Waals surface area (Å²) < 4.78 is 0. The summed E-state index contributed by atoms with van der Waals surface area (Å²) in [5, 5.41) is 0.499. The highest BCUT2D eigenvalue weighted by molar-refractivity contribution is 8.05. The maximum atomic E-state index is 6.74. The fourth-order valence-corrected chi connectivity index (χ4v) is 4.34. The number of thioether (sulfide) groups is 3. The normalized spacial score (nSPS) is 11.1. The van der Waals surface area contributed by atoms with Crippen molar-refractivity contribution >= 4 is 35.3 Å². The van der Waals surface area contributed by atoms with E-state index in [1.807, 2.05) is 11.8 Å². The molecule has 0 aliphatic heterocycles. The maximum Gasteiger partial charge on any atom is 0.260 e. The zero-order valence-electron chi connectivity index (χ0n) is 9.59. The highest BCUT2D eigenvalue weighted by Gasteiger charge is 2.11. The molecular weight excluding hydrogens is 270 g/mol. The lowest BCUT2D eigenvalue weighted by Crippen LogP contribution is -2.12. The van der Waals surface area contributed by atoms with E-state index < -0.39 is 0 Å². The maximum absolute atomic E-state index is 6.74.